The van der Waals surface area contributed by atoms with Crippen LogP contribution in [0.3, 0.4) is 0 Å². The molecule has 1 N–H and O–H groups in total. The Labute approximate surface area is 69.7 Å². The van der Waals surface area contributed by atoms with Gasteiger partial charge in [0, 0.05) is 5.92 Å². The number of halogens is 2. The van der Waals surface area contributed by atoms with Crippen LogP contribution in [0.15, 0.2) is 18.2 Å². The minimum Gasteiger partial charge on any atom is -0.396 e. The van der Waals surface area contributed by atoms with E-state index in [4.69, 9.17) is 5.11 Å². The maximum atomic E-state index is 12.9. The first-order valence-electron chi connectivity index (χ1n) is 3.54. The summed E-state index contributed by atoms with van der Waals surface area (Å²) in [5.74, 6) is -1.67. The van der Waals surface area contributed by atoms with E-state index in [9.17, 15) is 8.78 Å². The van der Waals surface area contributed by atoms with Crippen LogP contribution in [-0.4, -0.2) is 11.7 Å². The molecule has 1 nitrogen and oxygen atoms in total. The molecule has 0 fully saturated rings. The molecule has 12 heavy (non-hydrogen) atoms. The summed E-state index contributed by atoms with van der Waals surface area (Å²) in [6, 6.07) is 3.10. The average Bonchev–Trinajstić information content (AvgIpc) is 2.08. The minimum atomic E-state index is -0.610. The summed E-state index contributed by atoms with van der Waals surface area (Å²) in [4.78, 5) is 0. The molecule has 0 heterocycles. The molecule has 0 saturated carbocycles. The number of hydrogen-bond donors (Lipinski definition) is 1. The molecule has 0 amide bonds. The normalized spacial score (nSPS) is 13.0. The smallest absolute Gasteiger partial charge is 0.126 e. The van der Waals surface area contributed by atoms with E-state index in [0.717, 1.165) is 18.2 Å². The molecule has 65 valence electrons. The van der Waals surface area contributed by atoms with Gasteiger partial charge in [0.25, 0.3) is 0 Å². The Morgan fingerprint density at radius 2 is 2.08 bits per heavy atom. The maximum Gasteiger partial charge on any atom is 0.126 e. The Morgan fingerprint density at radius 1 is 1.42 bits per heavy atom. The zero-order chi connectivity index (χ0) is 9.14. The zero-order valence-corrected chi connectivity index (χ0v) is 6.43. The van der Waals surface area contributed by atoms with Gasteiger partial charge in [-0.1, -0.05) is 0 Å². The molecule has 0 aliphatic rings. The Balaban J connectivity index is 3.04. The van der Waals surface area contributed by atoms with Crippen LogP contribution in [-0.2, 0) is 0 Å². The average molecular weight is 171 g/mol. The van der Waals surface area contributed by atoms with Crippen molar-refractivity contribution in [3.63, 3.8) is 0 Å². The van der Waals surface area contributed by atoms with Crippen LogP contribution in [0, 0.1) is 18.6 Å². The second-order valence-corrected chi connectivity index (χ2v) is 2.55. The second-order valence-electron chi connectivity index (χ2n) is 2.55. The molecule has 0 saturated heterocycles. The Kier molecular flexibility index (Phi) is 2.76. The first-order valence-corrected chi connectivity index (χ1v) is 3.54. The van der Waals surface area contributed by atoms with Gasteiger partial charge in [0.1, 0.15) is 11.6 Å². The van der Waals surface area contributed by atoms with Crippen molar-refractivity contribution in [2.75, 3.05) is 6.61 Å². The molecule has 1 rings (SSSR count). The predicted molar refractivity (Wildman–Crippen MR) is 41.5 cm³/mol. The Hall–Kier alpha value is -0.960. The molecule has 0 spiro atoms. The summed E-state index contributed by atoms with van der Waals surface area (Å²) in [5, 5.41) is 8.65. The van der Waals surface area contributed by atoms with E-state index >= 15 is 0 Å². The summed E-state index contributed by atoms with van der Waals surface area (Å²) in [5.41, 5.74) is 0.109. The van der Waals surface area contributed by atoms with Crippen LogP contribution in [0.1, 0.15) is 11.5 Å². The van der Waals surface area contributed by atoms with E-state index in [0.29, 0.717) is 0 Å². The summed E-state index contributed by atoms with van der Waals surface area (Å²) < 4.78 is 25.5. The lowest BCUT2D eigenvalue weighted by molar-refractivity contribution is 0.280. The topological polar surface area (TPSA) is 20.2 Å². The Morgan fingerprint density at radius 3 is 2.67 bits per heavy atom. The summed E-state index contributed by atoms with van der Waals surface area (Å²) in [7, 11) is 0. The SMILES string of the molecule is [CH2]C(CO)c1cc(F)ccc1F. The highest BCUT2D eigenvalue weighted by Crippen LogP contribution is 2.18. The van der Waals surface area contributed by atoms with Gasteiger partial charge in [0.05, 0.1) is 6.61 Å². The van der Waals surface area contributed by atoms with Gasteiger partial charge < -0.3 is 5.11 Å². The molecule has 1 radical (unpaired) electrons. The lowest BCUT2D eigenvalue weighted by atomic mass is 10.0. The van der Waals surface area contributed by atoms with E-state index in [1.165, 1.54) is 0 Å². The summed E-state index contributed by atoms with van der Waals surface area (Å²) in [6.45, 7) is 3.18. The number of benzene rings is 1. The van der Waals surface area contributed by atoms with E-state index in [-0.39, 0.29) is 12.2 Å². The summed E-state index contributed by atoms with van der Waals surface area (Å²) >= 11 is 0. The molecule has 0 aliphatic carbocycles. The molecule has 1 atom stereocenters. The monoisotopic (exact) mass is 171 g/mol. The highest BCUT2D eigenvalue weighted by atomic mass is 19.1. The summed E-state index contributed by atoms with van der Waals surface area (Å²) in [6.07, 6.45) is 0. The van der Waals surface area contributed by atoms with Crippen molar-refractivity contribution < 1.29 is 13.9 Å². The van der Waals surface area contributed by atoms with Crippen LogP contribution in [0.25, 0.3) is 0 Å². The fraction of sp³-hybridized carbons (Fsp3) is 0.222. The van der Waals surface area contributed by atoms with Crippen LogP contribution in [0.4, 0.5) is 8.78 Å². The van der Waals surface area contributed by atoms with Crippen LogP contribution in [0.5, 0.6) is 0 Å². The van der Waals surface area contributed by atoms with Crippen LogP contribution < -0.4 is 0 Å². The van der Waals surface area contributed by atoms with Gasteiger partial charge in [-0.25, -0.2) is 8.78 Å². The fourth-order valence-electron chi connectivity index (χ4n) is 0.926. The quantitative estimate of drug-likeness (QED) is 0.720. The highest BCUT2D eigenvalue weighted by molar-refractivity contribution is 5.23. The zero-order valence-electron chi connectivity index (χ0n) is 6.43. The van der Waals surface area contributed by atoms with Crippen molar-refractivity contribution >= 4 is 0 Å². The number of aliphatic hydroxyl groups excluding tert-OH is 1. The highest BCUT2D eigenvalue weighted by Gasteiger charge is 2.10. The van der Waals surface area contributed by atoms with E-state index in [1.54, 1.807) is 0 Å². The minimum absolute atomic E-state index is 0.109. The first kappa shape index (κ1) is 9.13. The third-order valence-corrected chi connectivity index (χ3v) is 1.62. The van der Waals surface area contributed by atoms with Crippen molar-refractivity contribution in [3.05, 3.63) is 42.3 Å². The van der Waals surface area contributed by atoms with Gasteiger partial charge in [-0.05, 0) is 30.7 Å². The molecule has 3 heteroatoms. The molecular formula is C9H9F2O. The second kappa shape index (κ2) is 3.63. The van der Waals surface area contributed by atoms with Crippen LogP contribution in [0.2, 0.25) is 0 Å². The molecule has 1 unspecified atom stereocenters. The number of aliphatic hydroxyl groups is 1. The molecule has 0 bridgehead atoms. The third kappa shape index (κ3) is 1.80. The van der Waals surface area contributed by atoms with E-state index in [2.05, 4.69) is 6.92 Å². The van der Waals surface area contributed by atoms with Gasteiger partial charge in [-0.2, -0.15) is 0 Å². The third-order valence-electron chi connectivity index (χ3n) is 1.62. The predicted octanol–water partition coefficient (Wildman–Crippen LogP) is 1.87. The number of rotatable bonds is 2. The van der Waals surface area contributed by atoms with E-state index in [1.807, 2.05) is 0 Å². The maximum absolute atomic E-state index is 12.9. The van der Waals surface area contributed by atoms with Crippen molar-refractivity contribution in [1.82, 2.24) is 0 Å². The van der Waals surface area contributed by atoms with Gasteiger partial charge in [0.15, 0.2) is 0 Å². The van der Waals surface area contributed by atoms with Gasteiger partial charge in [-0.15, -0.1) is 0 Å². The number of hydrogen-bond acceptors (Lipinski definition) is 1. The fourth-order valence-corrected chi connectivity index (χ4v) is 0.926. The molecule has 1 aromatic carbocycles. The first-order chi connectivity index (χ1) is 5.65. The largest absolute Gasteiger partial charge is 0.396 e. The van der Waals surface area contributed by atoms with E-state index < -0.39 is 17.6 Å². The van der Waals surface area contributed by atoms with Gasteiger partial charge in [-0.3, -0.25) is 0 Å². The van der Waals surface area contributed by atoms with Crippen molar-refractivity contribution in [2.24, 2.45) is 0 Å². The van der Waals surface area contributed by atoms with Gasteiger partial charge >= 0.3 is 0 Å². The van der Waals surface area contributed by atoms with Crippen molar-refractivity contribution in [1.29, 1.82) is 0 Å². The Bertz CT molecular complexity index is 273. The molecule has 1 aromatic rings. The lowest BCUT2D eigenvalue weighted by Crippen LogP contribution is -2.02. The molecule has 0 aliphatic heterocycles. The standard InChI is InChI=1S/C9H9F2O/c1-6(5-12)8-4-7(10)2-3-9(8)11/h2-4,6,12H,1,5H2. The van der Waals surface area contributed by atoms with Crippen molar-refractivity contribution in [3.8, 4) is 0 Å². The van der Waals surface area contributed by atoms with Gasteiger partial charge in [0.2, 0.25) is 0 Å². The van der Waals surface area contributed by atoms with Crippen LogP contribution >= 0.6 is 0 Å². The molecule has 0 aromatic heterocycles. The lowest BCUT2D eigenvalue weighted by Gasteiger charge is -2.08. The van der Waals surface area contributed by atoms with Crippen molar-refractivity contribution in [2.45, 2.75) is 5.92 Å². The molecular weight excluding hydrogens is 162 g/mol.